The first-order chi connectivity index (χ1) is 9.67. The zero-order valence-electron chi connectivity index (χ0n) is 12.0. The van der Waals surface area contributed by atoms with Crippen LogP contribution in [0.2, 0.25) is 0 Å². The summed E-state index contributed by atoms with van der Waals surface area (Å²) < 4.78 is 46.1. The van der Waals surface area contributed by atoms with Gasteiger partial charge in [-0.25, -0.2) is 9.92 Å². The normalized spacial score (nSPS) is 14.2. The fourth-order valence-corrected chi connectivity index (χ4v) is 2.48. The second-order valence-electron chi connectivity index (χ2n) is 5.00. The van der Waals surface area contributed by atoms with Crippen molar-refractivity contribution in [1.82, 2.24) is 0 Å². The standard InChI is InChI=1S/C15H16F3IN2/c1-10(2)14(3,21-20)15(17,18)8-7-11-5-6-13(19-4)12(16)9-11/h5-6,9-10,20H,4H2,1-3H3/t14-/m1/s1. The monoisotopic (exact) mass is 408 g/mol. The maximum Gasteiger partial charge on any atom is 0.334 e. The van der Waals surface area contributed by atoms with E-state index in [-0.39, 0.29) is 5.56 Å². The fraction of sp³-hybridized carbons (Fsp3) is 0.400. The Kier molecular flexibility index (Phi) is 5.68. The van der Waals surface area contributed by atoms with Gasteiger partial charge in [0.15, 0.2) is 5.54 Å². The van der Waals surface area contributed by atoms with Crippen molar-refractivity contribution in [2.24, 2.45) is 11.0 Å². The van der Waals surface area contributed by atoms with Gasteiger partial charge in [-0.15, -0.1) is 0 Å². The van der Waals surface area contributed by atoms with Gasteiger partial charge in [0, 0.05) is 9.13 Å². The molecule has 114 valence electrons. The number of hydrogen-bond acceptors (Lipinski definition) is 2. The Morgan fingerprint density at radius 1 is 1.38 bits per heavy atom. The average molecular weight is 408 g/mol. The number of alkyl halides is 2. The maximum absolute atomic E-state index is 14.2. The molecular weight excluding hydrogens is 392 g/mol. The highest BCUT2D eigenvalue weighted by Crippen LogP contribution is 2.37. The van der Waals surface area contributed by atoms with Crippen molar-refractivity contribution in [3.8, 4) is 11.8 Å². The second-order valence-corrected chi connectivity index (χ2v) is 6.93. The van der Waals surface area contributed by atoms with E-state index in [1.165, 1.54) is 19.1 Å². The lowest BCUT2D eigenvalue weighted by Crippen LogP contribution is -2.46. The molecule has 6 heteroatoms. The van der Waals surface area contributed by atoms with Crippen molar-refractivity contribution < 1.29 is 13.2 Å². The highest BCUT2D eigenvalue weighted by Gasteiger charge is 2.52. The highest BCUT2D eigenvalue weighted by atomic mass is 127. The number of hydrogen-bond donors (Lipinski definition) is 1. The van der Waals surface area contributed by atoms with Crippen molar-refractivity contribution in [2.45, 2.75) is 32.2 Å². The first-order valence-electron chi connectivity index (χ1n) is 6.15. The average Bonchev–Trinajstić information content (AvgIpc) is 2.44. The summed E-state index contributed by atoms with van der Waals surface area (Å²) in [5, 5.41) is 3.07. The van der Waals surface area contributed by atoms with Crippen LogP contribution in [-0.4, -0.2) is 16.0 Å². The van der Waals surface area contributed by atoms with Gasteiger partial charge in [-0.05, 0) is 37.0 Å². The van der Waals surface area contributed by atoms with E-state index in [0.29, 0.717) is 3.57 Å². The SMILES string of the molecule is C=Ic1ccc(C#CC(F)(F)[C@](C)(N=N)C(C)C)cc1F. The van der Waals surface area contributed by atoms with Gasteiger partial charge >= 0.3 is 5.92 Å². The number of benzene rings is 1. The third kappa shape index (κ3) is 3.70. The van der Waals surface area contributed by atoms with Crippen molar-refractivity contribution in [1.29, 1.82) is 5.53 Å². The van der Waals surface area contributed by atoms with Crippen LogP contribution in [0.25, 0.3) is 0 Å². The lowest BCUT2D eigenvalue weighted by molar-refractivity contribution is -0.0344. The Balaban J connectivity index is 3.18. The number of nitrogens with zero attached hydrogens (tertiary/aromatic N) is 1. The third-order valence-corrected chi connectivity index (χ3v) is 5.12. The largest absolute Gasteiger partial charge is 0.334 e. The molecule has 1 aromatic carbocycles. The van der Waals surface area contributed by atoms with E-state index in [0.717, 1.165) is 6.07 Å². The molecule has 0 aliphatic carbocycles. The predicted octanol–water partition coefficient (Wildman–Crippen LogP) is 4.83. The molecule has 0 heterocycles. The van der Waals surface area contributed by atoms with Crippen molar-refractivity contribution in [3.05, 3.63) is 33.1 Å². The molecule has 0 saturated carbocycles. The van der Waals surface area contributed by atoms with Gasteiger partial charge in [-0.1, -0.05) is 45.0 Å². The van der Waals surface area contributed by atoms with Gasteiger partial charge < -0.3 is 0 Å². The van der Waals surface area contributed by atoms with Gasteiger partial charge in [0.2, 0.25) is 0 Å². The van der Waals surface area contributed by atoms with Gasteiger partial charge in [0.25, 0.3) is 0 Å². The predicted molar refractivity (Wildman–Crippen MR) is 86.5 cm³/mol. The minimum absolute atomic E-state index is 0.171. The van der Waals surface area contributed by atoms with Gasteiger partial charge in [0.05, 0.1) is 0 Å². The van der Waals surface area contributed by atoms with Crippen molar-refractivity contribution in [2.75, 3.05) is 0 Å². The summed E-state index contributed by atoms with van der Waals surface area (Å²) >= 11 is -0.650. The third-order valence-electron chi connectivity index (χ3n) is 3.42. The van der Waals surface area contributed by atoms with E-state index in [2.05, 4.69) is 15.5 Å². The Hall–Kier alpha value is -1.23. The molecule has 0 aliphatic rings. The fourth-order valence-electron chi connectivity index (χ4n) is 1.52. The maximum atomic E-state index is 14.2. The lowest BCUT2D eigenvalue weighted by atomic mass is 9.83. The van der Waals surface area contributed by atoms with E-state index >= 15 is 0 Å². The van der Waals surface area contributed by atoms with E-state index in [4.69, 9.17) is 5.53 Å². The molecule has 0 radical (unpaired) electrons. The Morgan fingerprint density at radius 2 is 2.00 bits per heavy atom. The summed E-state index contributed by atoms with van der Waals surface area (Å²) in [6.07, 6.45) is 0. The molecule has 0 fully saturated rings. The highest BCUT2D eigenvalue weighted by molar-refractivity contribution is 14.2. The van der Waals surface area contributed by atoms with Gasteiger partial charge in [0.1, 0.15) is 5.82 Å². The zero-order valence-corrected chi connectivity index (χ0v) is 14.1. The Labute approximate surface area is 132 Å². The molecule has 0 spiro atoms. The summed E-state index contributed by atoms with van der Waals surface area (Å²) in [6.45, 7) is 4.30. The first-order valence-corrected chi connectivity index (χ1v) is 8.76. The van der Waals surface area contributed by atoms with Crippen LogP contribution >= 0.6 is 20.7 Å². The van der Waals surface area contributed by atoms with Gasteiger partial charge in [-0.2, -0.15) is 13.9 Å². The van der Waals surface area contributed by atoms with E-state index in [9.17, 15) is 13.2 Å². The summed E-state index contributed by atoms with van der Waals surface area (Å²) in [5.74, 6) is -0.381. The van der Waals surface area contributed by atoms with E-state index in [1.54, 1.807) is 13.8 Å². The summed E-state index contributed by atoms with van der Waals surface area (Å²) in [5.41, 5.74) is 5.29. The minimum atomic E-state index is -3.47. The quantitative estimate of drug-likeness (QED) is 0.421. The molecule has 1 atom stereocenters. The zero-order chi connectivity index (χ0) is 16.3. The molecule has 0 amide bonds. The number of nitrogens with one attached hydrogen (secondary N) is 1. The number of rotatable bonds is 4. The second kappa shape index (κ2) is 6.69. The smallest absolute Gasteiger partial charge is 0.209 e. The first kappa shape index (κ1) is 17.8. The lowest BCUT2D eigenvalue weighted by Gasteiger charge is -2.32. The molecule has 0 saturated heterocycles. The molecule has 2 nitrogen and oxygen atoms in total. The molecule has 0 aromatic heterocycles. The topological polar surface area (TPSA) is 36.2 Å². The van der Waals surface area contributed by atoms with E-state index in [1.807, 2.05) is 5.92 Å². The van der Waals surface area contributed by atoms with Crippen LogP contribution in [0.1, 0.15) is 26.3 Å². The van der Waals surface area contributed by atoms with Crippen LogP contribution in [0, 0.1) is 32.7 Å². The summed E-state index contributed by atoms with van der Waals surface area (Å²) in [6, 6.07) is 4.15. The van der Waals surface area contributed by atoms with Crippen LogP contribution in [0.4, 0.5) is 13.2 Å². The molecule has 0 bridgehead atoms. The van der Waals surface area contributed by atoms with Crippen LogP contribution < -0.4 is 0 Å². The van der Waals surface area contributed by atoms with Crippen LogP contribution in [0.15, 0.2) is 23.3 Å². The molecule has 0 unspecified atom stereocenters. The molecule has 21 heavy (non-hydrogen) atoms. The summed E-state index contributed by atoms with van der Waals surface area (Å²) in [7, 11) is 0. The number of halogens is 4. The molecule has 1 aromatic rings. The summed E-state index contributed by atoms with van der Waals surface area (Å²) in [4.78, 5) is 0. The van der Waals surface area contributed by atoms with Crippen molar-refractivity contribution in [3.63, 3.8) is 0 Å². The van der Waals surface area contributed by atoms with Crippen LogP contribution in [0.5, 0.6) is 0 Å². The van der Waals surface area contributed by atoms with Crippen molar-refractivity contribution >= 4 is 25.2 Å². The minimum Gasteiger partial charge on any atom is -0.209 e. The molecule has 1 N–H and O–H groups in total. The molecule has 1 rings (SSSR count). The Morgan fingerprint density at radius 3 is 2.43 bits per heavy atom. The van der Waals surface area contributed by atoms with Crippen LogP contribution in [-0.2, 0) is 0 Å². The Bertz CT molecular complexity index is 617. The van der Waals surface area contributed by atoms with E-state index < -0.39 is 43.9 Å². The van der Waals surface area contributed by atoms with Crippen LogP contribution in [0.3, 0.4) is 0 Å². The molecular formula is C15H16F3IN2. The van der Waals surface area contributed by atoms with Gasteiger partial charge in [-0.3, -0.25) is 0 Å². The molecule has 0 aliphatic heterocycles.